The monoisotopic (exact) mass is 221 g/mol. The van der Waals surface area contributed by atoms with Crippen LogP contribution >= 0.6 is 0 Å². The van der Waals surface area contributed by atoms with E-state index in [0.717, 1.165) is 33.0 Å². The lowest BCUT2D eigenvalue weighted by molar-refractivity contribution is 2.11. The maximum absolute atomic E-state index is 3.61. The second-order valence-corrected chi connectivity index (χ2v) is 15.7. The Kier molecular flexibility index (Phi) is 10.5. The molecule has 0 aliphatic heterocycles. The van der Waals surface area contributed by atoms with E-state index < -0.39 is 0 Å². The van der Waals surface area contributed by atoms with Crippen LogP contribution in [-0.4, -0.2) is 50.5 Å². The van der Waals surface area contributed by atoms with Gasteiger partial charge in [0.05, 0.1) is 0 Å². The van der Waals surface area contributed by atoms with Gasteiger partial charge in [0.1, 0.15) is 0 Å². The number of rotatable bonds is 4. The summed E-state index contributed by atoms with van der Waals surface area (Å²) in [5, 5.41) is 0. The summed E-state index contributed by atoms with van der Waals surface area (Å²) in [6.45, 7) is 3.61. The lowest BCUT2D eigenvalue weighted by Gasteiger charge is -1.66. The van der Waals surface area contributed by atoms with Crippen LogP contribution in [0.1, 0.15) is 0 Å². The van der Waals surface area contributed by atoms with Crippen molar-refractivity contribution >= 4 is 50.5 Å². The summed E-state index contributed by atoms with van der Waals surface area (Å²) in [5.74, 6) is 0. The second kappa shape index (κ2) is 9.78. The van der Waals surface area contributed by atoms with Gasteiger partial charge in [-0.1, -0.05) is 24.4 Å². The molecule has 0 aromatic heterocycles. The highest BCUT2D eigenvalue weighted by Crippen LogP contribution is 1.63. The first kappa shape index (κ1) is 10.8. The van der Waals surface area contributed by atoms with Crippen molar-refractivity contribution in [2.75, 3.05) is 0 Å². The number of hydrogen-bond donors (Lipinski definition) is 0. The second-order valence-electron chi connectivity index (χ2n) is 1.24. The van der Waals surface area contributed by atoms with Crippen molar-refractivity contribution in [2.24, 2.45) is 0 Å². The summed E-state index contributed by atoms with van der Waals surface area (Å²) in [7, 11) is 9.01. The van der Waals surface area contributed by atoms with Gasteiger partial charge in [0.2, 0.25) is 0 Å². The van der Waals surface area contributed by atoms with Gasteiger partial charge in [-0.3, -0.25) is 0 Å². The summed E-state index contributed by atoms with van der Waals surface area (Å²) >= 11 is 0. The molecule has 0 saturated carbocycles. The molecule has 0 aliphatic carbocycles. The Labute approximate surface area is 74.9 Å². The molecular formula is C4H5Si6. The van der Waals surface area contributed by atoms with Gasteiger partial charge in [-0.2, -0.15) is 0 Å². The molecule has 10 heavy (non-hydrogen) atoms. The molecule has 0 aromatic carbocycles. The average molecular weight is 222 g/mol. The molecule has 0 atom stereocenters. The van der Waals surface area contributed by atoms with E-state index in [1.54, 1.807) is 0 Å². The van der Waals surface area contributed by atoms with Gasteiger partial charge in [-0.25, -0.2) is 0 Å². The zero-order chi connectivity index (χ0) is 7.66. The molecule has 0 amide bonds. The number of allylic oxidation sites excluding steroid dienone is 2. The SMILES string of the molecule is C=C/C=C/[Si]=[Si][Si]=[Si][Si]=[Si]. The van der Waals surface area contributed by atoms with Gasteiger partial charge in [-0.05, 0) is 0 Å². The normalized spacial score (nSPS) is 11.6. The Morgan fingerprint density at radius 3 is 2.60 bits per heavy atom. The van der Waals surface area contributed by atoms with Crippen LogP contribution in [0.5, 0.6) is 0 Å². The predicted octanol–water partition coefficient (Wildman–Crippen LogP) is -1.05. The van der Waals surface area contributed by atoms with Gasteiger partial charge < -0.3 is 0 Å². The fourth-order valence-corrected chi connectivity index (χ4v) is 19.9. The molecule has 0 heterocycles. The molecule has 7 radical (unpaired) electrons. The topological polar surface area (TPSA) is 0 Å². The minimum atomic E-state index is 0.983. The summed E-state index contributed by atoms with van der Waals surface area (Å²) in [4.78, 5) is 0. The minimum Gasteiger partial charge on any atom is -0.0991 e. The molecule has 0 saturated heterocycles. The molecule has 0 aromatic rings. The highest BCUT2D eigenvalue weighted by atomic mass is 29.6. The largest absolute Gasteiger partial charge is 0.0991 e. The Morgan fingerprint density at radius 2 is 2.00 bits per heavy atom. The molecule has 0 rings (SSSR count). The fourth-order valence-electron chi connectivity index (χ4n) is 0.256. The van der Waals surface area contributed by atoms with Crippen LogP contribution in [0.25, 0.3) is 0 Å². The molecule has 6 heteroatoms. The van der Waals surface area contributed by atoms with Crippen LogP contribution in [0.2, 0.25) is 0 Å². The van der Waals surface area contributed by atoms with Crippen LogP contribution in [0.3, 0.4) is 0 Å². The van der Waals surface area contributed by atoms with Crippen molar-refractivity contribution < 1.29 is 0 Å². The Bertz CT molecular complexity index is 158. The molecule has 0 N–H and O–H groups in total. The van der Waals surface area contributed by atoms with E-state index in [4.69, 9.17) is 0 Å². The third-order valence-electron chi connectivity index (χ3n) is 0.575. The zero-order valence-electron chi connectivity index (χ0n) is 5.44. The van der Waals surface area contributed by atoms with Crippen molar-refractivity contribution in [1.82, 2.24) is 0 Å². The van der Waals surface area contributed by atoms with Gasteiger partial charge >= 0.3 is 0 Å². The zero-order valence-corrected chi connectivity index (χ0v) is 11.4. The molecule has 0 unspecified atom stereocenters. The maximum Gasteiger partial charge on any atom is 0.0242 e. The Morgan fingerprint density at radius 1 is 1.20 bits per heavy atom. The molecule has 45 valence electrons. The van der Waals surface area contributed by atoms with Crippen LogP contribution in [-0.2, 0) is 0 Å². The summed E-state index contributed by atoms with van der Waals surface area (Å²) in [6.07, 6.45) is 3.88. The van der Waals surface area contributed by atoms with Crippen LogP contribution in [0.15, 0.2) is 24.4 Å². The van der Waals surface area contributed by atoms with E-state index in [2.05, 4.69) is 21.6 Å². The summed E-state index contributed by atoms with van der Waals surface area (Å²) < 4.78 is 0. The lowest BCUT2D eigenvalue weighted by Crippen LogP contribution is -1.95. The van der Waals surface area contributed by atoms with Crippen molar-refractivity contribution in [1.29, 1.82) is 0 Å². The molecule has 0 spiro atoms. The van der Waals surface area contributed by atoms with Gasteiger partial charge in [0.15, 0.2) is 0 Å². The minimum absolute atomic E-state index is 0.983. The van der Waals surface area contributed by atoms with E-state index in [1.807, 2.05) is 12.2 Å². The predicted molar refractivity (Wildman–Crippen MR) is 53.9 cm³/mol. The van der Waals surface area contributed by atoms with E-state index >= 15 is 0 Å². The van der Waals surface area contributed by atoms with E-state index in [0.29, 0.717) is 0 Å². The maximum atomic E-state index is 3.61. The van der Waals surface area contributed by atoms with Crippen molar-refractivity contribution in [2.45, 2.75) is 0 Å². The molecule has 0 nitrogen and oxygen atoms in total. The summed E-state index contributed by atoms with van der Waals surface area (Å²) in [6, 6.07) is 0. The average Bonchev–Trinajstić information content (AvgIpc) is 1.97. The third-order valence-corrected chi connectivity index (χ3v) is 18.3. The Hall–Kier alpha value is 0.781. The van der Waals surface area contributed by atoms with Gasteiger partial charge in [0.25, 0.3) is 0 Å². The van der Waals surface area contributed by atoms with Crippen LogP contribution < -0.4 is 0 Å². The fraction of sp³-hybridized carbons (Fsp3) is 0. The van der Waals surface area contributed by atoms with Crippen molar-refractivity contribution in [3.05, 3.63) is 24.4 Å². The molecular weight excluding hydrogens is 217 g/mol. The standard InChI is InChI=1S/C4H5Si6/c1-2-3-4-6-8-10-9-7-5/h2-4H,1H2/b4-3+,8-6?,10-9?. The molecule has 0 bridgehead atoms. The smallest absolute Gasteiger partial charge is 0.0242 e. The van der Waals surface area contributed by atoms with E-state index in [-0.39, 0.29) is 0 Å². The van der Waals surface area contributed by atoms with Crippen molar-refractivity contribution in [3.8, 4) is 0 Å². The van der Waals surface area contributed by atoms with Gasteiger partial charge in [-0.15, -0.1) is 0 Å². The van der Waals surface area contributed by atoms with Crippen LogP contribution in [0.4, 0.5) is 0 Å². The van der Waals surface area contributed by atoms with E-state index in [9.17, 15) is 0 Å². The lowest BCUT2D eigenvalue weighted by atomic mass is 10.6. The first-order valence-corrected chi connectivity index (χ1v) is 13.2. The highest BCUT2D eigenvalue weighted by molar-refractivity contribution is 7.31. The van der Waals surface area contributed by atoms with Crippen molar-refractivity contribution in [3.63, 3.8) is 0 Å². The first-order chi connectivity index (χ1) is 4.91. The van der Waals surface area contributed by atoms with E-state index in [1.165, 1.54) is 8.13 Å². The van der Waals surface area contributed by atoms with Crippen LogP contribution in [0, 0.1) is 0 Å². The van der Waals surface area contributed by atoms with Gasteiger partial charge in [0, 0.05) is 50.5 Å². The Balaban J connectivity index is 3.55. The number of hydrogen-bond acceptors (Lipinski definition) is 0. The molecule has 0 fully saturated rings. The molecule has 0 aliphatic rings. The summed E-state index contributed by atoms with van der Waals surface area (Å²) in [5.41, 5.74) is 2.22. The highest BCUT2D eigenvalue weighted by Gasteiger charge is 1.63. The third kappa shape index (κ3) is 8.78. The quantitative estimate of drug-likeness (QED) is 0.420. The first-order valence-electron chi connectivity index (χ1n) is 2.61.